The number of fused-ring (bicyclic) bond motifs is 2. The molecular formula is C17H19NO4. The van der Waals surface area contributed by atoms with E-state index < -0.39 is 5.63 Å². The van der Waals surface area contributed by atoms with Crippen molar-refractivity contribution in [2.24, 2.45) is 0 Å². The van der Waals surface area contributed by atoms with E-state index in [-0.39, 0.29) is 0 Å². The van der Waals surface area contributed by atoms with Gasteiger partial charge in [-0.3, -0.25) is 0 Å². The Morgan fingerprint density at radius 2 is 1.86 bits per heavy atom. The average Bonchev–Trinajstić information content (AvgIpc) is 2.99. The highest BCUT2D eigenvalue weighted by molar-refractivity contribution is 5.99. The van der Waals surface area contributed by atoms with Gasteiger partial charge in [-0.2, -0.15) is 0 Å². The van der Waals surface area contributed by atoms with Gasteiger partial charge >= 0.3 is 5.63 Å². The minimum atomic E-state index is -0.396. The molecule has 0 unspecified atom stereocenters. The summed E-state index contributed by atoms with van der Waals surface area (Å²) in [4.78, 5) is 13.8. The number of nitrogens with zero attached hydrogens (tertiary/aromatic N) is 1. The molecule has 0 saturated carbocycles. The van der Waals surface area contributed by atoms with Crippen LogP contribution >= 0.6 is 0 Å². The Balaban J connectivity index is 1.98. The predicted molar refractivity (Wildman–Crippen MR) is 85.5 cm³/mol. The summed E-state index contributed by atoms with van der Waals surface area (Å²) in [5.41, 5.74) is 0.655. The van der Waals surface area contributed by atoms with Gasteiger partial charge < -0.3 is 18.5 Å². The lowest BCUT2D eigenvalue weighted by atomic mass is 10.1. The molecule has 0 aliphatic heterocycles. The van der Waals surface area contributed by atoms with Gasteiger partial charge in [0.15, 0.2) is 11.2 Å². The van der Waals surface area contributed by atoms with Crippen LogP contribution in [0.5, 0.6) is 5.75 Å². The largest absolute Gasteiger partial charge is 0.485 e. The van der Waals surface area contributed by atoms with Gasteiger partial charge in [0, 0.05) is 23.4 Å². The van der Waals surface area contributed by atoms with Crippen molar-refractivity contribution in [3.63, 3.8) is 0 Å². The molecular weight excluding hydrogens is 282 g/mol. The first-order valence-corrected chi connectivity index (χ1v) is 7.52. The zero-order valence-electron chi connectivity index (χ0n) is 12.8. The van der Waals surface area contributed by atoms with Crippen molar-refractivity contribution in [2.45, 2.75) is 13.8 Å². The van der Waals surface area contributed by atoms with E-state index in [1.165, 1.54) is 6.07 Å². The van der Waals surface area contributed by atoms with Crippen LogP contribution in [0.1, 0.15) is 13.8 Å². The predicted octanol–water partition coefficient (Wildman–Crippen LogP) is 3.26. The van der Waals surface area contributed by atoms with Crippen molar-refractivity contribution in [1.82, 2.24) is 4.90 Å². The first kappa shape index (κ1) is 14.7. The van der Waals surface area contributed by atoms with Gasteiger partial charge in [0.2, 0.25) is 5.75 Å². The lowest BCUT2D eigenvalue weighted by Gasteiger charge is -2.18. The van der Waals surface area contributed by atoms with E-state index in [1.807, 2.05) is 12.1 Å². The minimum Gasteiger partial charge on any atom is -0.485 e. The number of rotatable bonds is 6. The summed E-state index contributed by atoms with van der Waals surface area (Å²) < 4.78 is 16.7. The first-order chi connectivity index (χ1) is 10.7. The first-order valence-electron chi connectivity index (χ1n) is 7.52. The van der Waals surface area contributed by atoms with Crippen molar-refractivity contribution < 1.29 is 13.6 Å². The SMILES string of the molecule is CCN(CC)CCOc1c2occc2cc2ccc(=O)oc12. The molecule has 0 aliphatic carbocycles. The molecule has 0 amide bonds. The topological polar surface area (TPSA) is 55.8 Å². The number of furan rings is 1. The molecule has 0 saturated heterocycles. The molecule has 5 heteroatoms. The van der Waals surface area contributed by atoms with Crippen LogP contribution in [0, 0.1) is 0 Å². The number of hydrogen-bond acceptors (Lipinski definition) is 5. The second-order valence-corrected chi connectivity index (χ2v) is 5.09. The minimum absolute atomic E-state index is 0.396. The maximum absolute atomic E-state index is 11.5. The van der Waals surface area contributed by atoms with Crippen LogP contribution in [0.15, 0.2) is 44.2 Å². The van der Waals surface area contributed by atoms with Crippen LogP contribution in [0.3, 0.4) is 0 Å². The fraction of sp³-hybridized carbons (Fsp3) is 0.353. The van der Waals surface area contributed by atoms with E-state index in [0.29, 0.717) is 23.5 Å². The van der Waals surface area contributed by atoms with Crippen LogP contribution < -0.4 is 10.4 Å². The molecule has 2 heterocycles. The molecule has 116 valence electrons. The molecule has 22 heavy (non-hydrogen) atoms. The van der Waals surface area contributed by atoms with E-state index in [4.69, 9.17) is 13.6 Å². The molecule has 0 aliphatic rings. The Bertz CT molecular complexity index is 829. The summed E-state index contributed by atoms with van der Waals surface area (Å²) in [5, 5.41) is 1.76. The summed E-state index contributed by atoms with van der Waals surface area (Å²) in [7, 11) is 0. The summed E-state index contributed by atoms with van der Waals surface area (Å²) in [6, 6.07) is 6.95. The lowest BCUT2D eigenvalue weighted by Crippen LogP contribution is -2.27. The third-order valence-electron chi connectivity index (χ3n) is 3.83. The van der Waals surface area contributed by atoms with Gasteiger partial charge in [0.05, 0.1) is 6.26 Å². The van der Waals surface area contributed by atoms with Crippen molar-refractivity contribution >= 4 is 21.9 Å². The maximum Gasteiger partial charge on any atom is 0.336 e. The van der Waals surface area contributed by atoms with E-state index >= 15 is 0 Å². The van der Waals surface area contributed by atoms with Gasteiger partial charge in [0.1, 0.15) is 6.61 Å². The molecule has 1 aromatic carbocycles. The van der Waals surface area contributed by atoms with Gasteiger partial charge in [-0.05, 0) is 31.3 Å². The molecule has 0 radical (unpaired) electrons. The normalized spacial score (nSPS) is 11.6. The van der Waals surface area contributed by atoms with Gasteiger partial charge in [-0.25, -0.2) is 4.79 Å². The third-order valence-corrected chi connectivity index (χ3v) is 3.83. The standard InChI is InChI=1S/C17H19NO4/c1-3-18(4-2)8-10-21-17-15-13(7-9-20-15)11-12-5-6-14(19)22-16(12)17/h5-7,9,11H,3-4,8,10H2,1-2H3. The average molecular weight is 301 g/mol. The number of benzene rings is 1. The summed E-state index contributed by atoms with van der Waals surface area (Å²) >= 11 is 0. The van der Waals surface area contributed by atoms with Crippen LogP contribution in [-0.4, -0.2) is 31.1 Å². The summed E-state index contributed by atoms with van der Waals surface area (Å²) in [6.07, 6.45) is 1.61. The van der Waals surface area contributed by atoms with E-state index in [2.05, 4.69) is 18.7 Å². The Morgan fingerprint density at radius 1 is 1.09 bits per heavy atom. The van der Waals surface area contributed by atoms with Crippen LogP contribution in [0.2, 0.25) is 0 Å². The summed E-state index contributed by atoms with van der Waals surface area (Å²) in [6.45, 7) is 7.50. The summed E-state index contributed by atoms with van der Waals surface area (Å²) in [5.74, 6) is 0.502. The molecule has 0 atom stereocenters. The molecule has 0 bridgehead atoms. The van der Waals surface area contributed by atoms with E-state index in [0.717, 1.165) is 30.4 Å². The van der Waals surface area contributed by atoms with Gasteiger partial charge in [-0.1, -0.05) is 13.8 Å². The monoisotopic (exact) mass is 301 g/mol. The van der Waals surface area contributed by atoms with Gasteiger partial charge in [0.25, 0.3) is 0 Å². The quantitative estimate of drug-likeness (QED) is 0.654. The smallest absolute Gasteiger partial charge is 0.336 e. The van der Waals surface area contributed by atoms with E-state index in [1.54, 1.807) is 12.3 Å². The zero-order valence-corrected chi connectivity index (χ0v) is 12.8. The Morgan fingerprint density at radius 3 is 2.64 bits per heavy atom. The second-order valence-electron chi connectivity index (χ2n) is 5.09. The van der Waals surface area contributed by atoms with Crippen molar-refractivity contribution in [2.75, 3.05) is 26.2 Å². The Kier molecular flexibility index (Phi) is 4.15. The highest BCUT2D eigenvalue weighted by atomic mass is 16.5. The Hall–Kier alpha value is -2.27. The highest BCUT2D eigenvalue weighted by Gasteiger charge is 2.14. The van der Waals surface area contributed by atoms with Crippen molar-refractivity contribution in [3.05, 3.63) is 40.9 Å². The molecule has 0 spiro atoms. The number of ether oxygens (including phenoxy) is 1. The van der Waals surface area contributed by atoms with Crippen molar-refractivity contribution in [3.8, 4) is 5.75 Å². The third kappa shape index (κ3) is 2.72. The molecule has 2 aromatic heterocycles. The number of hydrogen-bond donors (Lipinski definition) is 0. The molecule has 3 rings (SSSR count). The maximum atomic E-state index is 11.5. The highest BCUT2D eigenvalue weighted by Crippen LogP contribution is 2.34. The fourth-order valence-corrected chi connectivity index (χ4v) is 2.55. The molecule has 0 N–H and O–H groups in total. The fourth-order valence-electron chi connectivity index (χ4n) is 2.55. The Labute approximate surface area is 128 Å². The number of likely N-dealkylation sites (N-methyl/N-ethyl adjacent to an activating group) is 1. The van der Waals surface area contributed by atoms with Crippen LogP contribution in [0.4, 0.5) is 0 Å². The van der Waals surface area contributed by atoms with Gasteiger partial charge in [-0.15, -0.1) is 0 Å². The van der Waals surface area contributed by atoms with E-state index in [9.17, 15) is 4.79 Å². The van der Waals surface area contributed by atoms with Crippen LogP contribution in [0.25, 0.3) is 21.9 Å². The van der Waals surface area contributed by atoms with Crippen LogP contribution in [-0.2, 0) is 0 Å². The molecule has 5 nitrogen and oxygen atoms in total. The zero-order chi connectivity index (χ0) is 15.5. The second kappa shape index (κ2) is 6.23. The molecule has 3 aromatic rings. The van der Waals surface area contributed by atoms with Crippen molar-refractivity contribution in [1.29, 1.82) is 0 Å². The lowest BCUT2D eigenvalue weighted by molar-refractivity contribution is 0.222. The molecule has 0 fully saturated rings.